The number of fused-ring (bicyclic) bond motifs is 1. The number of amides is 2. The molecule has 1 aliphatic rings. The summed E-state index contributed by atoms with van der Waals surface area (Å²) in [6.07, 6.45) is 1.94. The van der Waals surface area contributed by atoms with E-state index in [-0.39, 0.29) is 12.1 Å². The first-order chi connectivity index (χ1) is 10.6. The molecule has 2 aromatic rings. The van der Waals surface area contributed by atoms with Crippen LogP contribution >= 0.6 is 0 Å². The zero-order valence-corrected chi connectivity index (χ0v) is 12.8. The Hall–Kier alpha value is -2.08. The van der Waals surface area contributed by atoms with Crippen LogP contribution in [0.3, 0.4) is 0 Å². The van der Waals surface area contributed by atoms with Crippen LogP contribution in [0.25, 0.3) is 11.0 Å². The van der Waals surface area contributed by atoms with Crippen LogP contribution < -0.4 is 5.32 Å². The Kier molecular flexibility index (Phi) is 4.29. The average molecular weight is 302 g/mol. The van der Waals surface area contributed by atoms with Crippen molar-refractivity contribution in [3.8, 4) is 0 Å². The number of aryl methyl sites for hydroxylation is 1. The summed E-state index contributed by atoms with van der Waals surface area (Å²) in [5.74, 6) is 0.958. The molecule has 6 nitrogen and oxygen atoms in total. The lowest BCUT2D eigenvalue weighted by Crippen LogP contribution is -2.47. The van der Waals surface area contributed by atoms with E-state index in [1.54, 1.807) is 4.90 Å². The van der Waals surface area contributed by atoms with Crippen LogP contribution in [0.15, 0.2) is 24.3 Å². The highest BCUT2D eigenvalue weighted by Crippen LogP contribution is 2.14. The Labute approximate surface area is 129 Å². The number of para-hydroxylation sites is 2. The number of benzene rings is 1. The molecule has 1 fully saturated rings. The summed E-state index contributed by atoms with van der Waals surface area (Å²) in [5, 5.41) is 12.5. The summed E-state index contributed by atoms with van der Waals surface area (Å²) in [5.41, 5.74) is 2.08. The molecule has 0 spiro atoms. The molecule has 1 aliphatic heterocycles. The second-order valence-electron chi connectivity index (χ2n) is 5.80. The second-order valence-corrected chi connectivity index (χ2v) is 5.80. The molecular formula is C16H22N4O2. The van der Waals surface area contributed by atoms with Gasteiger partial charge in [0.05, 0.1) is 17.1 Å². The van der Waals surface area contributed by atoms with Crippen molar-refractivity contribution >= 4 is 17.1 Å². The van der Waals surface area contributed by atoms with Crippen LogP contribution in [-0.4, -0.2) is 51.3 Å². The second kappa shape index (κ2) is 6.36. The number of aliphatic hydroxyl groups is 1. The lowest BCUT2D eigenvalue weighted by atomic mass is 10.1. The van der Waals surface area contributed by atoms with Gasteiger partial charge in [0, 0.05) is 33.1 Å². The molecule has 2 heterocycles. The van der Waals surface area contributed by atoms with E-state index < -0.39 is 0 Å². The van der Waals surface area contributed by atoms with E-state index in [2.05, 4.69) is 14.9 Å². The Morgan fingerprint density at radius 1 is 1.45 bits per heavy atom. The fourth-order valence-electron chi connectivity index (χ4n) is 2.95. The van der Waals surface area contributed by atoms with Crippen LogP contribution in [0.4, 0.5) is 4.79 Å². The van der Waals surface area contributed by atoms with Gasteiger partial charge < -0.3 is 19.9 Å². The molecule has 22 heavy (non-hydrogen) atoms. The third kappa shape index (κ3) is 3.06. The highest BCUT2D eigenvalue weighted by Gasteiger charge is 2.21. The Morgan fingerprint density at radius 2 is 2.27 bits per heavy atom. The highest BCUT2D eigenvalue weighted by molar-refractivity contribution is 5.76. The number of imidazole rings is 1. The Morgan fingerprint density at radius 3 is 3.05 bits per heavy atom. The number of hydrogen-bond acceptors (Lipinski definition) is 3. The van der Waals surface area contributed by atoms with Crippen molar-refractivity contribution in [3.05, 3.63) is 30.1 Å². The monoisotopic (exact) mass is 302 g/mol. The molecular weight excluding hydrogens is 280 g/mol. The normalized spacial score (nSPS) is 18.6. The van der Waals surface area contributed by atoms with Crippen LogP contribution in [0.5, 0.6) is 0 Å². The number of rotatable bonds is 3. The van der Waals surface area contributed by atoms with Gasteiger partial charge in [-0.15, -0.1) is 0 Å². The van der Waals surface area contributed by atoms with Gasteiger partial charge in [0.15, 0.2) is 0 Å². The van der Waals surface area contributed by atoms with E-state index in [1.807, 2.05) is 31.3 Å². The zero-order valence-electron chi connectivity index (χ0n) is 12.8. The van der Waals surface area contributed by atoms with Gasteiger partial charge in [-0.1, -0.05) is 12.1 Å². The highest BCUT2D eigenvalue weighted by atomic mass is 16.3. The third-order valence-corrected chi connectivity index (χ3v) is 4.19. The van der Waals surface area contributed by atoms with Crippen LogP contribution in [0.2, 0.25) is 0 Å². The summed E-state index contributed by atoms with van der Waals surface area (Å²) in [4.78, 5) is 18.3. The predicted molar refractivity (Wildman–Crippen MR) is 84.6 cm³/mol. The largest absolute Gasteiger partial charge is 0.391 e. The maximum Gasteiger partial charge on any atom is 0.317 e. The number of aliphatic hydroxyl groups excluding tert-OH is 1. The van der Waals surface area contributed by atoms with Gasteiger partial charge in [-0.05, 0) is 25.0 Å². The van der Waals surface area contributed by atoms with Crippen molar-refractivity contribution < 1.29 is 9.90 Å². The number of piperidine rings is 1. The van der Waals surface area contributed by atoms with Crippen molar-refractivity contribution in [1.29, 1.82) is 0 Å². The van der Waals surface area contributed by atoms with Crippen molar-refractivity contribution in [2.24, 2.45) is 7.05 Å². The van der Waals surface area contributed by atoms with E-state index in [4.69, 9.17) is 0 Å². The van der Waals surface area contributed by atoms with E-state index in [0.717, 1.165) is 36.2 Å². The van der Waals surface area contributed by atoms with Crippen LogP contribution in [0.1, 0.15) is 18.7 Å². The molecule has 1 unspecified atom stereocenters. The minimum absolute atomic E-state index is 0.0995. The summed E-state index contributed by atoms with van der Waals surface area (Å²) in [6.45, 7) is 1.69. The Bertz CT molecular complexity index is 667. The first-order valence-corrected chi connectivity index (χ1v) is 7.76. The van der Waals surface area contributed by atoms with Gasteiger partial charge in [-0.25, -0.2) is 9.78 Å². The number of carbonyl (C=O) groups is 1. The van der Waals surface area contributed by atoms with Crippen molar-refractivity contribution in [2.45, 2.75) is 25.4 Å². The number of hydrogen-bond donors (Lipinski definition) is 2. The van der Waals surface area contributed by atoms with E-state index >= 15 is 0 Å². The molecule has 0 aliphatic carbocycles. The zero-order chi connectivity index (χ0) is 15.5. The number of likely N-dealkylation sites (tertiary alicyclic amines) is 1. The predicted octanol–water partition coefficient (Wildman–Crippen LogP) is 1.28. The average Bonchev–Trinajstić information content (AvgIpc) is 2.84. The topological polar surface area (TPSA) is 70.4 Å². The Balaban J connectivity index is 1.55. The van der Waals surface area contributed by atoms with Gasteiger partial charge in [-0.2, -0.15) is 0 Å². The molecule has 1 aromatic heterocycles. The fraction of sp³-hybridized carbons (Fsp3) is 0.500. The fourth-order valence-corrected chi connectivity index (χ4v) is 2.95. The number of aromatic nitrogens is 2. The first-order valence-electron chi connectivity index (χ1n) is 7.76. The molecule has 0 saturated carbocycles. The number of carbonyl (C=O) groups excluding carboxylic acids is 1. The first kappa shape index (κ1) is 14.8. The quantitative estimate of drug-likeness (QED) is 0.897. The maximum absolute atomic E-state index is 12.1. The van der Waals surface area contributed by atoms with E-state index in [1.165, 1.54) is 0 Å². The summed E-state index contributed by atoms with van der Waals surface area (Å²) >= 11 is 0. The molecule has 3 rings (SSSR count). The lowest BCUT2D eigenvalue weighted by Gasteiger charge is -2.30. The van der Waals surface area contributed by atoms with Crippen LogP contribution in [-0.2, 0) is 13.5 Å². The number of urea groups is 1. The summed E-state index contributed by atoms with van der Waals surface area (Å²) < 4.78 is 2.06. The van der Waals surface area contributed by atoms with E-state index in [0.29, 0.717) is 19.5 Å². The van der Waals surface area contributed by atoms with Crippen LogP contribution in [0, 0.1) is 0 Å². The standard InChI is InChI=1S/C16H22N4O2/c1-19-14-7-3-2-6-13(14)18-15(19)8-9-17-16(22)20-10-4-5-12(21)11-20/h2-3,6-7,12,21H,4-5,8-11H2,1H3,(H,17,22). The molecule has 2 N–H and O–H groups in total. The van der Waals surface area contributed by atoms with Gasteiger partial charge in [0.1, 0.15) is 5.82 Å². The molecule has 2 amide bonds. The molecule has 0 radical (unpaired) electrons. The maximum atomic E-state index is 12.1. The molecule has 6 heteroatoms. The van der Waals surface area contributed by atoms with Gasteiger partial charge >= 0.3 is 6.03 Å². The van der Waals surface area contributed by atoms with Crippen molar-refractivity contribution in [3.63, 3.8) is 0 Å². The van der Waals surface area contributed by atoms with E-state index in [9.17, 15) is 9.90 Å². The van der Waals surface area contributed by atoms with Gasteiger partial charge in [0.25, 0.3) is 0 Å². The minimum atomic E-state index is -0.390. The van der Waals surface area contributed by atoms with Gasteiger partial charge in [-0.3, -0.25) is 0 Å². The summed E-state index contributed by atoms with van der Waals surface area (Å²) in [6, 6.07) is 7.91. The SMILES string of the molecule is Cn1c(CCNC(=O)N2CCCC(O)C2)nc2ccccc21. The number of nitrogens with zero attached hydrogens (tertiary/aromatic N) is 3. The van der Waals surface area contributed by atoms with Gasteiger partial charge in [0.2, 0.25) is 0 Å². The number of β-amino-alcohol motifs (C(OH)–C–C–N with tert-alkyl or cyclic N) is 1. The molecule has 1 atom stereocenters. The lowest BCUT2D eigenvalue weighted by molar-refractivity contribution is 0.0843. The molecule has 1 saturated heterocycles. The van der Waals surface area contributed by atoms with Crippen molar-refractivity contribution in [2.75, 3.05) is 19.6 Å². The smallest absolute Gasteiger partial charge is 0.317 e. The molecule has 1 aromatic carbocycles. The minimum Gasteiger partial charge on any atom is -0.391 e. The molecule has 0 bridgehead atoms. The molecule has 118 valence electrons. The van der Waals surface area contributed by atoms with Crippen molar-refractivity contribution in [1.82, 2.24) is 19.8 Å². The third-order valence-electron chi connectivity index (χ3n) is 4.19. The number of nitrogens with one attached hydrogen (secondary N) is 1. The summed E-state index contributed by atoms with van der Waals surface area (Å²) in [7, 11) is 1.99.